The fraction of sp³-hybridized carbons (Fsp3) is 0.0667. The minimum Gasteiger partial charge on any atom is -0.508 e. The van der Waals surface area contributed by atoms with E-state index in [1.54, 1.807) is 0 Å². The van der Waals surface area contributed by atoms with Crippen molar-refractivity contribution in [3.05, 3.63) is 59.4 Å². The highest BCUT2D eigenvalue weighted by molar-refractivity contribution is 5.69. The van der Waals surface area contributed by atoms with Crippen molar-refractivity contribution in [3.63, 3.8) is 0 Å². The van der Waals surface area contributed by atoms with Gasteiger partial charge in [-0.25, -0.2) is 0 Å². The molecule has 3 rings (SSSR count). The van der Waals surface area contributed by atoms with Crippen LogP contribution in [-0.4, -0.2) is 15.3 Å². The van der Waals surface area contributed by atoms with Crippen molar-refractivity contribution in [2.24, 2.45) is 0 Å². The van der Waals surface area contributed by atoms with E-state index >= 15 is 0 Å². The molecule has 0 radical (unpaired) electrons. The van der Waals surface area contributed by atoms with E-state index in [-0.39, 0.29) is 17.3 Å². The molecule has 4 heteroatoms. The molecule has 96 valence electrons. The number of aliphatic hydroxyl groups excluding tert-OH is 1. The summed E-state index contributed by atoms with van der Waals surface area (Å²) >= 11 is 0. The summed E-state index contributed by atoms with van der Waals surface area (Å²) < 4.78 is 5.65. The molecular formula is C15H12O4. The monoisotopic (exact) mass is 256 g/mol. The number of aromatic hydroxyl groups is 2. The predicted octanol–water partition coefficient (Wildman–Crippen LogP) is 3.13. The van der Waals surface area contributed by atoms with Gasteiger partial charge in [0.1, 0.15) is 23.0 Å². The van der Waals surface area contributed by atoms with Gasteiger partial charge in [0.05, 0.1) is 5.56 Å². The van der Waals surface area contributed by atoms with Gasteiger partial charge in [0.25, 0.3) is 0 Å². The molecule has 1 heterocycles. The van der Waals surface area contributed by atoms with Gasteiger partial charge < -0.3 is 20.1 Å². The number of hydrogen-bond acceptors (Lipinski definition) is 4. The Labute approximate surface area is 109 Å². The molecule has 0 saturated heterocycles. The fourth-order valence-electron chi connectivity index (χ4n) is 2.12. The van der Waals surface area contributed by atoms with E-state index in [1.165, 1.54) is 18.2 Å². The van der Waals surface area contributed by atoms with Crippen LogP contribution in [0.3, 0.4) is 0 Å². The van der Waals surface area contributed by atoms with Crippen molar-refractivity contribution in [1.29, 1.82) is 0 Å². The van der Waals surface area contributed by atoms with Crippen LogP contribution < -0.4 is 4.74 Å². The van der Waals surface area contributed by atoms with Crippen molar-refractivity contribution in [1.82, 2.24) is 0 Å². The number of hydrogen-bond donors (Lipinski definition) is 3. The molecule has 3 N–H and O–H groups in total. The van der Waals surface area contributed by atoms with Crippen LogP contribution in [-0.2, 0) is 0 Å². The van der Waals surface area contributed by atoms with E-state index in [2.05, 4.69) is 0 Å². The van der Waals surface area contributed by atoms with Crippen molar-refractivity contribution in [2.75, 3.05) is 0 Å². The van der Waals surface area contributed by atoms with Crippen LogP contribution in [0.5, 0.6) is 17.2 Å². The minimum absolute atomic E-state index is 0.0136. The summed E-state index contributed by atoms with van der Waals surface area (Å²) in [6.45, 7) is 0. The molecule has 0 aliphatic carbocycles. The van der Waals surface area contributed by atoms with E-state index in [9.17, 15) is 15.3 Å². The van der Waals surface area contributed by atoms with Crippen LogP contribution in [0.2, 0.25) is 0 Å². The lowest BCUT2D eigenvalue weighted by Crippen LogP contribution is -2.14. The maximum atomic E-state index is 10.0. The first kappa shape index (κ1) is 11.5. The van der Waals surface area contributed by atoms with Crippen LogP contribution in [0.25, 0.3) is 6.08 Å². The van der Waals surface area contributed by atoms with Gasteiger partial charge in [-0.2, -0.15) is 0 Å². The molecule has 0 aromatic heterocycles. The number of phenols is 2. The quantitative estimate of drug-likeness (QED) is 0.733. The van der Waals surface area contributed by atoms with Gasteiger partial charge in [-0.15, -0.1) is 0 Å². The molecule has 0 saturated carbocycles. The third-order valence-electron chi connectivity index (χ3n) is 3.01. The highest BCUT2D eigenvalue weighted by Gasteiger charge is 2.26. The number of ether oxygens (including phenoxy) is 1. The van der Waals surface area contributed by atoms with E-state index < -0.39 is 6.10 Å². The minimum atomic E-state index is -0.630. The summed E-state index contributed by atoms with van der Waals surface area (Å²) in [4.78, 5) is 0. The third kappa shape index (κ3) is 1.97. The summed E-state index contributed by atoms with van der Waals surface area (Å²) in [5, 5.41) is 29.2. The zero-order valence-corrected chi connectivity index (χ0v) is 9.95. The molecule has 1 atom stereocenters. The SMILES string of the molecule is OC1=Cc2c(O)cc(O)cc2OC1c1ccccc1. The number of fused-ring (bicyclic) bond motifs is 1. The van der Waals surface area contributed by atoms with Crippen molar-refractivity contribution >= 4 is 6.08 Å². The van der Waals surface area contributed by atoms with E-state index in [0.717, 1.165) is 5.56 Å². The molecule has 2 aromatic rings. The number of aliphatic hydroxyl groups is 1. The van der Waals surface area contributed by atoms with Gasteiger partial charge in [0, 0.05) is 17.7 Å². The standard InChI is InChI=1S/C15H12O4/c16-10-6-12(17)11-8-13(18)15(19-14(11)7-10)9-4-2-1-3-5-9/h1-8,15-18H. The molecule has 0 bridgehead atoms. The third-order valence-corrected chi connectivity index (χ3v) is 3.01. The molecule has 0 spiro atoms. The Hall–Kier alpha value is -2.62. The summed E-state index contributed by atoms with van der Waals surface area (Å²) in [7, 11) is 0. The summed E-state index contributed by atoms with van der Waals surface area (Å²) in [5.41, 5.74) is 1.16. The van der Waals surface area contributed by atoms with Crippen LogP contribution >= 0.6 is 0 Å². The normalized spacial score (nSPS) is 17.3. The van der Waals surface area contributed by atoms with Crippen LogP contribution in [0.4, 0.5) is 0 Å². The molecule has 1 unspecified atom stereocenters. The molecule has 19 heavy (non-hydrogen) atoms. The Balaban J connectivity index is 2.07. The zero-order chi connectivity index (χ0) is 13.4. The van der Waals surface area contributed by atoms with Gasteiger partial charge in [0.15, 0.2) is 6.10 Å². The Bertz CT molecular complexity index is 647. The topological polar surface area (TPSA) is 69.9 Å². The second-order valence-corrected chi connectivity index (χ2v) is 4.35. The Morgan fingerprint density at radius 2 is 1.68 bits per heavy atom. The van der Waals surface area contributed by atoms with Crippen molar-refractivity contribution in [3.8, 4) is 17.2 Å². The van der Waals surface area contributed by atoms with Gasteiger partial charge in [-0.05, 0) is 6.08 Å². The fourth-order valence-corrected chi connectivity index (χ4v) is 2.12. The molecule has 0 amide bonds. The largest absolute Gasteiger partial charge is 0.508 e. The molecule has 1 aliphatic heterocycles. The smallest absolute Gasteiger partial charge is 0.180 e. The first-order valence-electron chi connectivity index (χ1n) is 5.83. The van der Waals surface area contributed by atoms with Gasteiger partial charge >= 0.3 is 0 Å². The second kappa shape index (κ2) is 4.24. The molecule has 4 nitrogen and oxygen atoms in total. The lowest BCUT2D eigenvalue weighted by atomic mass is 10.0. The molecule has 1 aliphatic rings. The van der Waals surface area contributed by atoms with Crippen molar-refractivity contribution in [2.45, 2.75) is 6.10 Å². The number of phenolic OH excluding ortho intramolecular Hbond substituents is 2. The average molecular weight is 256 g/mol. The maximum absolute atomic E-state index is 10.0. The van der Waals surface area contributed by atoms with Gasteiger partial charge in [-0.3, -0.25) is 0 Å². The zero-order valence-electron chi connectivity index (χ0n) is 9.95. The van der Waals surface area contributed by atoms with Crippen LogP contribution in [0, 0.1) is 0 Å². The highest BCUT2D eigenvalue weighted by atomic mass is 16.5. The first-order chi connectivity index (χ1) is 9.15. The maximum Gasteiger partial charge on any atom is 0.180 e. The van der Waals surface area contributed by atoms with Crippen molar-refractivity contribution < 1.29 is 20.1 Å². The highest BCUT2D eigenvalue weighted by Crippen LogP contribution is 2.42. The molecular weight excluding hydrogens is 244 g/mol. The van der Waals surface area contributed by atoms with E-state index in [0.29, 0.717) is 11.3 Å². The summed E-state index contributed by atoms with van der Waals surface area (Å²) in [5.74, 6) is 0.134. The molecule has 2 aromatic carbocycles. The summed E-state index contributed by atoms with van der Waals surface area (Å²) in [6.07, 6.45) is 0.820. The number of benzene rings is 2. The predicted molar refractivity (Wildman–Crippen MR) is 70.2 cm³/mol. The Morgan fingerprint density at radius 3 is 2.42 bits per heavy atom. The first-order valence-corrected chi connectivity index (χ1v) is 5.83. The van der Waals surface area contributed by atoms with Crippen LogP contribution in [0.15, 0.2) is 48.2 Å². The second-order valence-electron chi connectivity index (χ2n) is 4.35. The van der Waals surface area contributed by atoms with Crippen LogP contribution in [0.1, 0.15) is 17.2 Å². The lowest BCUT2D eigenvalue weighted by molar-refractivity contribution is 0.173. The van der Waals surface area contributed by atoms with Gasteiger partial charge in [-0.1, -0.05) is 30.3 Å². The van der Waals surface area contributed by atoms with Gasteiger partial charge in [0.2, 0.25) is 0 Å². The summed E-state index contributed by atoms with van der Waals surface area (Å²) in [6, 6.07) is 11.9. The van der Waals surface area contributed by atoms with E-state index in [4.69, 9.17) is 4.74 Å². The Morgan fingerprint density at radius 1 is 0.947 bits per heavy atom. The lowest BCUT2D eigenvalue weighted by Gasteiger charge is -2.25. The average Bonchev–Trinajstić information content (AvgIpc) is 2.40. The number of rotatable bonds is 1. The molecule has 0 fully saturated rings. The van der Waals surface area contributed by atoms with E-state index in [1.807, 2.05) is 30.3 Å². The Kier molecular flexibility index (Phi) is 2.56.